The number of amides is 2. The van der Waals surface area contributed by atoms with Crippen molar-refractivity contribution in [3.63, 3.8) is 0 Å². The number of rotatable bonds is 6. The molecule has 0 spiro atoms. The van der Waals surface area contributed by atoms with Gasteiger partial charge in [0.05, 0.1) is 4.47 Å². The molecule has 0 fully saturated rings. The Balaban J connectivity index is 1.48. The number of fused-ring (bicyclic) bond motifs is 1. The van der Waals surface area contributed by atoms with Gasteiger partial charge in [-0.25, -0.2) is 0 Å². The summed E-state index contributed by atoms with van der Waals surface area (Å²) in [6.45, 7) is 7.74. The van der Waals surface area contributed by atoms with Crippen LogP contribution < -0.4 is 20.3 Å². The van der Waals surface area contributed by atoms with E-state index in [1.165, 1.54) is 5.56 Å². The van der Waals surface area contributed by atoms with Gasteiger partial charge < -0.3 is 9.47 Å². The van der Waals surface area contributed by atoms with Crippen molar-refractivity contribution in [3.05, 3.63) is 69.1 Å². The van der Waals surface area contributed by atoms with Crippen LogP contribution in [0.4, 0.5) is 0 Å². The van der Waals surface area contributed by atoms with Gasteiger partial charge in [-0.1, -0.05) is 61.0 Å². The summed E-state index contributed by atoms with van der Waals surface area (Å²) >= 11 is 6.98. The van der Waals surface area contributed by atoms with Gasteiger partial charge in [-0.3, -0.25) is 20.4 Å². The van der Waals surface area contributed by atoms with Crippen LogP contribution in [-0.2, 0) is 15.0 Å². The Labute approximate surface area is 210 Å². The van der Waals surface area contributed by atoms with E-state index in [1.54, 1.807) is 13.0 Å². The Kier molecular flexibility index (Phi) is 8.02. The van der Waals surface area contributed by atoms with Crippen LogP contribution in [0, 0.1) is 0 Å². The lowest BCUT2D eigenvalue weighted by atomic mass is 9.87. The molecule has 1 unspecified atom stereocenters. The van der Waals surface area contributed by atoms with Crippen LogP contribution >= 0.6 is 31.9 Å². The van der Waals surface area contributed by atoms with E-state index in [0.717, 1.165) is 19.7 Å². The fourth-order valence-electron chi connectivity index (χ4n) is 3.06. The van der Waals surface area contributed by atoms with E-state index in [-0.39, 0.29) is 12.0 Å². The number of nitrogens with one attached hydrogen (secondary N) is 2. The van der Waals surface area contributed by atoms with Crippen molar-refractivity contribution in [2.45, 2.75) is 39.2 Å². The average molecular weight is 578 g/mol. The molecule has 174 valence electrons. The molecule has 0 saturated heterocycles. The molecule has 3 rings (SSSR count). The number of carbonyl (C=O) groups excluding carboxylic acids is 2. The first kappa shape index (κ1) is 25.1. The molecular formula is C25H26Br2N2O4. The minimum absolute atomic E-state index is 0.0352. The number of hydrazine groups is 1. The van der Waals surface area contributed by atoms with Crippen molar-refractivity contribution < 1.29 is 19.1 Å². The van der Waals surface area contributed by atoms with Gasteiger partial charge in [-0.15, -0.1) is 0 Å². The van der Waals surface area contributed by atoms with Gasteiger partial charge in [-0.2, -0.15) is 0 Å². The molecular weight excluding hydrogens is 552 g/mol. The highest BCUT2D eigenvalue weighted by molar-refractivity contribution is 9.11. The second kappa shape index (κ2) is 10.6. The fourth-order valence-corrected chi connectivity index (χ4v) is 4.04. The van der Waals surface area contributed by atoms with Crippen LogP contribution in [0.15, 0.2) is 63.5 Å². The minimum Gasteiger partial charge on any atom is -0.483 e. The summed E-state index contributed by atoms with van der Waals surface area (Å²) in [6, 6.07) is 17.2. The normalized spacial score (nSPS) is 12.2. The maximum atomic E-state index is 12.3. The largest absolute Gasteiger partial charge is 0.483 e. The van der Waals surface area contributed by atoms with Crippen molar-refractivity contribution in [2.75, 3.05) is 6.61 Å². The monoisotopic (exact) mass is 576 g/mol. The van der Waals surface area contributed by atoms with Crippen molar-refractivity contribution in [2.24, 2.45) is 0 Å². The molecule has 0 aliphatic rings. The second-order valence-electron chi connectivity index (χ2n) is 8.60. The van der Waals surface area contributed by atoms with Gasteiger partial charge in [0.25, 0.3) is 11.8 Å². The maximum absolute atomic E-state index is 12.3. The van der Waals surface area contributed by atoms with E-state index in [9.17, 15) is 9.59 Å². The first-order chi connectivity index (χ1) is 15.5. The molecule has 0 aliphatic carbocycles. The number of halogens is 2. The van der Waals surface area contributed by atoms with Crippen molar-refractivity contribution in [1.82, 2.24) is 10.9 Å². The maximum Gasteiger partial charge on any atom is 0.279 e. The molecule has 6 nitrogen and oxygen atoms in total. The summed E-state index contributed by atoms with van der Waals surface area (Å²) in [4.78, 5) is 24.4. The Morgan fingerprint density at radius 1 is 0.970 bits per heavy atom. The molecule has 2 N–H and O–H groups in total. The third-order valence-electron chi connectivity index (χ3n) is 4.97. The molecule has 0 heterocycles. The average Bonchev–Trinajstić information content (AvgIpc) is 2.76. The summed E-state index contributed by atoms with van der Waals surface area (Å²) in [5.74, 6) is 0.142. The van der Waals surface area contributed by atoms with Crippen molar-refractivity contribution in [1.29, 1.82) is 0 Å². The van der Waals surface area contributed by atoms with E-state index < -0.39 is 17.9 Å². The topological polar surface area (TPSA) is 76.7 Å². The molecule has 0 aromatic heterocycles. The van der Waals surface area contributed by atoms with Crippen LogP contribution in [0.3, 0.4) is 0 Å². The van der Waals surface area contributed by atoms with Crippen LogP contribution in [0.25, 0.3) is 10.8 Å². The summed E-state index contributed by atoms with van der Waals surface area (Å²) < 4.78 is 13.0. The van der Waals surface area contributed by atoms with Crippen LogP contribution in [-0.4, -0.2) is 24.5 Å². The Hall–Kier alpha value is -2.58. The molecule has 1 atom stereocenters. The molecule has 3 aromatic rings. The van der Waals surface area contributed by atoms with E-state index in [1.807, 2.05) is 48.5 Å². The Morgan fingerprint density at radius 2 is 1.67 bits per heavy atom. The molecule has 0 saturated carbocycles. The van der Waals surface area contributed by atoms with E-state index >= 15 is 0 Å². The van der Waals surface area contributed by atoms with Gasteiger partial charge in [0.15, 0.2) is 12.7 Å². The lowest BCUT2D eigenvalue weighted by Crippen LogP contribution is -2.48. The zero-order valence-electron chi connectivity index (χ0n) is 18.9. The molecule has 0 aliphatic heterocycles. The molecule has 3 aromatic carbocycles. The molecule has 0 bridgehead atoms. The van der Waals surface area contributed by atoms with Gasteiger partial charge in [-0.05, 0) is 74.9 Å². The molecule has 33 heavy (non-hydrogen) atoms. The van der Waals surface area contributed by atoms with Gasteiger partial charge in [0.2, 0.25) is 0 Å². The molecule has 2 amide bonds. The number of hydrogen-bond acceptors (Lipinski definition) is 4. The summed E-state index contributed by atoms with van der Waals surface area (Å²) in [6.07, 6.45) is -0.791. The predicted octanol–water partition coefficient (Wildman–Crippen LogP) is 5.66. The van der Waals surface area contributed by atoms with E-state index in [2.05, 4.69) is 63.5 Å². The van der Waals surface area contributed by atoms with Crippen molar-refractivity contribution >= 4 is 54.4 Å². The first-order valence-electron chi connectivity index (χ1n) is 10.4. The Bertz CT molecular complexity index is 1160. The highest BCUT2D eigenvalue weighted by Crippen LogP contribution is 2.34. The SMILES string of the molecule is CC(Oc1ccc(C(C)(C)C)cc1)C(=O)NNC(=O)COc1ccc2cc(Br)ccc2c1Br. The lowest BCUT2D eigenvalue weighted by molar-refractivity contribution is -0.133. The molecule has 8 heteroatoms. The second-order valence-corrected chi connectivity index (χ2v) is 10.3. The standard InChI is InChI=1S/C25H26Br2N2O4/c1-15(33-19-9-6-17(7-10-19)25(2,3)4)24(31)29-28-22(30)14-32-21-12-5-16-13-18(26)8-11-20(16)23(21)27/h5-13,15H,14H2,1-4H3,(H,28,30)(H,29,31). The highest BCUT2D eigenvalue weighted by Gasteiger charge is 2.17. The fraction of sp³-hybridized carbons (Fsp3) is 0.280. The highest BCUT2D eigenvalue weighted by atomic mass is 79.9. The smallest absolute Gasteiger partial charge is 0.279 e. The van der Waals surface area contributed by atoms with Crippen molar-refractivity contribution in [3.8, 4) is 11.5 Å². The minimum atomic E-state index is -0.791. The Morgan fingerprint density at radius 3 is 2.33 bits per heavy atom. The number of ether oxygens (including phenoxy) is 2. The van der Waals surface area contributed by atoms with Crippen LogP contribution in [0.1, 0.15) is 33.3 Å². The quantitative estimate of drug-likeness (QED) is 0.371. The van der Waals surface area contributed by atoms with Crippen LogP contribution in [0.5, 0.6) is 11.5 Å². The summed E-state index contributed by atoms with van der Waals surface area (Å²) in [7, 11) is 0. The number of benzene rings is 3. The molecule has 0 radical (unpaired) electrons. The van der Waals surface area contributed by atoms with E-state index in [0.29, 0.717) is 11.5 Å². The van der Waals surface area contributed by atoms with Gasteiger partial charge >= 0.3 is 0 Å². The zero-order chi connectivity index (χ0) is 24.2. The van der Waals surface area contributed by atoms with Crippen LogP contribution in [0.2, 0.25) is 0 Å². The number of carbonyl (C=O) groups is 2. The third kappa shape index (κ3) is 6.71. The van der Waals surface area contributed by atoms with E-state index in [4.69, 9.17) is 9.47 Å². The predicted molar refractivity (Wildman–Crippen MR) is 136 cm³/mol. The summed E-state index contributed by atoms with van der Waals surface area (Å²) in [5, 5.41) is 1.99. The lowest BCUT2D eigenvalue weighted by Gasteiger charge is -2.20. The number of hydrogen-bond donors (Lipinski definition) is 2. The zero-order valence-corrected chi connectivity index (χ0v) is 22.0. The first-order valence-corrected chi connectivity index (χ1v) is 12.0. The van der Waals surface area contributed by atoms with Gasteiger partial charge in [0.1, 0.15) is 11.5 Å². The summed E-state index contributed by atoms with van der Waals surface area (Å²) in [5.41, 5.74) is 5.92. The van der Waals surface area contributed by atoms with Gasteiger partial charge in [0, 0.05) is 4.47 Å². The third-order valence-corrected chi connectivity index (χ3v) is 6.28.